The van der Waals surface area contributed by atoms with Crippen molar-refractivity contribution in [2.75, 3.05) is 6.16 Å². The smallest absolute Gasteiger partial charge is 0.161 e. The molecular formula is C3H8CaO2P+. The maximum absolute atomic E-state index is 9.75. The molecule has 0 rings (SSSR count). The molecule has 38 valence electrons. The van der Waals surface area contributed by atoms with Gasteiger partial charge in [-0.3, -0.25) is 0 Å². The molecule has 0 saturated carbocycles. The first-order valence-corrected chi connectivity index (χ1v) is 3.30. The molecule has 1 unspecified atom stereocenters. The molecule has 0 bridgehead atoms. The van der Waals surface area contributed by atoms with Gasteiger partial charge in [0.15, 0.2) is 6.16 Å². The van der Waals surface area contributed by atoms with Crippen molar-refractivity contribution < 1.29 is 9.46 Å². The van der Waals surface area contributed by atoms with Crippen LogP contribution in [0, 0.1) is 0 Å². The molecular weight excluding hydrogens is 139 g/mol. The Hall–Kier alpha value is 1.32. The van der Waals surface area contributed by atoms with Gasteiger partial charge in [0.25, 0.3) is 0 Å². The Bertz CT molecular complexity index is 56.9. The van der Waals surface area contributed by atoms with E-state index < -0.39 is 8.03 Å². The largest absolute Gasteiger partial charge is 0.505 e. The molecule has 1 N–H and O–H groups in total. The predicted molar refractivity (Wildman–Crippen MR) is 30.7 cm³/mol. The Morgan fingerprint density at radius 2 is 2.14 bits per heavy atom. The summed E-state index contributed by atoms with van der Waals surface area (Å²) in [5, 5.41) is 0. The van der Waals surface area contributed by atoms with Gasteiger partial charge in [0.1, 0.15) is 0 Å². The van der Waals surface area contributed by atoms with Crippen LogP contribution in [0.1, 0.15) is 13.3 Å². The molecule has 0 aliphatic carbocycles. The van der Waals surface area contributed by atoms with Crippen LogP contribution in [-0.4, -0.2) is 48.8 Å². The molecule has 0 aromatic carbocycles. The van der Waals surface area contributed by atoms with Crippen LogP contribution in [0.3, 0.4) is 0 Å². The van der Waals surface area contributed by atoms with Gasteiger partial charge in [0.05, 0.1) is 0 Å². The summed E-state index contributed by atoms with van der Waals surface area (Å²) in [6.07, 6.45) is 1.24. The van der Waals surface area contributed by atoms with Crippen LogP contribution in [-0.2, 0) is 4.57 Å². The minimum atomic E-state index is -1.85. The topological polar surface area (TPSA) is 37.3 Å². The summed E-state index contributed by atoms with van der Waals surface area (Å²) >= 11 is 0. The van der Waals surface area contributed by atoms with E-state index in [0.29, 0.717) is 6.16 Å². The van der Waals surface area contributed by atoms with Crippen LogP contribution in [0.25, 0.3) is 0 Å². The summed E-state index contributed by atoms with van der Waals surface area (Å²) in [4.78, 5) is 8.06. The summed E-state index contributed by atoms with van der Waals surface area (Å²) in [7, 11) is -1.85. The third-order valence-electron chi connectivity index (χ3n) is 0.415. The van der Waals surface area contributed by atoms with Crippen LogP contribution in [0.15, 0.2) is 0 Å². The van der Waals surface area contributed by atoms with E-state index in [-0.39, 0.29) is 37.7 Å². The predicted octanol–water partition coefficient (Wildman–Crippen LogP) is 0.750. The SMILES string of the molecule is CCC[P+](=O)O.[Ca]. The molecule has 7 heavy (non-hydrogen) atoms. The number of hydrogen-bond donors (Lipinski definition) is 1. The zero-order chi connectivity index (χ0) is 4.99. The molecule has 0 aromatic heterocycles. The van der Waals surface area contributed by atoms with Gasteiger partial charge in [0, 0.05) is 37.7 Å². The first kappa shape index (κ1) is 11.2. The van der Waals surface area contributed by atoms with Gasteiger partial charge in [-0.15, -0.1) is 0 Å². The first-order chi connectivity index (χ1) is 2.77. The normalized spacial score (nSPS) is 9.71. The van der Waals surface area contributed by atoms with E-state index in [4.69, 9.17) is 4.89 Å². The van der Waals surface area contributed by atoms with Crippen molar-refractivity contribution in [1.82, 2.24) is 0 Å². The zero-order valence-electron chi connectivity index (χ0n) is 4.42. The van der Waals surface area contributed by atoms with E-state index in [2.05, 4.69) is 0 Å². The third-order valence-corrected chi connectivity index (χ3v) is 1.24. The molecule has 2 radical (unpaired) electrons. The van der Waals surface area contributed by atoms with Gasteiger partial charge in [0.2, 0.25) is 0 Å². The van der Waals surface area contributed by atoms with Crippen molar-refractivity contribution >= 4 is 45.8 Å². The van der Waals surface area contributed by atoms with E-state index in [1.807, 2.05) is 6.92 Å². The average Bonchev–Trinajstić information content (AvgIpc) is 1.35. The van der Waals surface area contributed by atoms with Crippen molar-refractivity contribution in [1.29, 1.82) is 0 Å². The molecule has 0 aromatic rings. The van der Waals surface area contributed by atoms with E-state index in [0.717, 1.165) is 6.42 Å². The van der Waals surface area contributed by atoms with Gasteiger partial charge in [-0.1, -0.05) is 6.92 Å². The second-order valence-corrected chi connectivity index (χ2v) is 2.23. The Morgan fingerprint density at radius 1 is 1.71 bits per heavy atom. The Kier molecular flexibility index (Phi) is 11.7. The molecule has 4 heteroatoms. The van der Waals surface area contributed by atoms with Crippen molar-refractivity contribution in [2.45, 2.75) is 13.3 Å². The summed E-state index contributed by atoms with van der Waals surface area (Å²) in [6, 6.07) is 0. The quantitative estimate of drug-likeness (QED) is 0.462. The standard InChI is InChI=1S/C3H7O2P.Ca/c1-2-3-6(4)5;/h2-3H2,1H3;/p+1. The molecule has 0 aliphatic heterocycles. The molecule has 1 atom stereocenters. The van der Waals surface area contributed by atoms with Crippen molar-refractivity contribution in [3.8, 4) is 0 Å². The Morgan fingerprint density at radius 3 is 2.14 bits per heavy atom. The van der Waals surface area contributed by atoms with E-state index in [1.54, 1.807) is 0 Å². The van der Waals surface area contributed by atoms with Crippen molar-refractivity contribution in [3.05, 3.63) is 0 Å². The summed E-state index contributed by atoms with van der Waals surface area (Å²) in [6.45, 7) is 1.88. The molecule has 0 spiro atoms. The number of hydrogen-bond acceptors (Lipinski definition) is 1. The van der Waals surface area contributed by atoms with Gasteiger partial charge in [-0.2, -0.15) is 4.89 Å². The zero-order valence-corrected chi connectivity index (χ0v) is 7.53. The maximum Gasteiger partial charge on any atom is 0.505 e. The van der Waals surface area contributed by atoms with Crippen LogP contribution >= 0.6 is 8.03 Å². The first-order valence-electron chi connectivity index (χ1n) is 1.91. The van der Waals surface area contributed by atoms with E-state index in [9.17, 15) is 4.57 Å². The Labute approximate surface area is 74.2 Å². The molecule has 0 heterocycles. The van der Waals surface area contributed by atoms with E-state index >= 15 is 0 Å². The van der Waals surface area contributed by atoms with Gasteiger partial charge in [-0.05, 0) is 11.0 Å². The minimum Gasteiger partial charge on any atom is -0.161 e. The maximum atomic E-state index is 9.75. The van der Waals surface area contributed by atoms with Gasteiger partial charge >= 0.3 is 8.03 Å². The fourth-order valence-corrected chi connectivity index (χ4v) is 0.574. The van der Waals surface area contributed by atoms with Crippen molar-refractivity contribution in [2.24, 2.45) is 0 Å². The summed E-state index contributed by atoms with van der Waals surface area (Å²) < 4.78 is 9.75. The monoisotopic (exact) mass is 147 g/mol. The fourth-order valence-electron chi connectivity index (χ4n) is 0.191. The van der Waals surface area contributed by atoms with Crippen molar-refractivity contribution in [3.63, 3.8) is 0 Å². The molecule has 2 nitrogen and oxygen atoms in total. The molecule has 0 fully saturated rings. The second-order valence-electron chi connectivity index (χ2n) is 1.08. The molecule has 0 saturated heterocycles. The second kappa shape index (κ2) is 7.32. The third kappa shape index (κ3) is 11.1. The van der Waals surface area contributed by atoms with Crippen LogP contribution in [0.5, 0.6) is 0 Å². The minimum absolute atomic E-state index is 0. The fraction of sp³-hybridized carbons (Fsp3) is 1.00. The molecule has 0 aliphatic rings. The van der Waals surface area contributed by atoms with E-state index in [1.165, 1.54) is 0 Å². The molecule has 0 amide bonds. The van der Waals surface area contributed by atoms with Crippen LogP contribution in [0.4, 0.5) is 0 Å². The van der Waals surface area contributed by atoms with Crippen LogP contribution < -0.4 is 0 Å². The Balaban J connectivity index is 0. The van der Waals surface area contributed by atoms with Gasteiger partial charge < -0.3 is 0 Å². The average molecular weight is 147 g/mol. The summed E-state index contributed by atoms with van der Waals surface area (Å²) in [5.41, 5.74) is 0. The van der Waals surface area contributed by atoms with Gasteiger partial charge in [-0.25, -0.2) is 0 Å². The number of rotatable bonds is 2. The van der Waals surface area contributed by atoms with Crippen LogP contribution in [0.2, 0.25) is 0 Å². The summed E-state index contributed by atoms with van der Waals surface area (Å²) in [5.74, 6) is 0.